The van der Waals surface area contributed by atoms with Crippen molar-refractivity contribution in [3.05, 3.63) is 60.3 Å². The zero-order chi connectivity index (χ0) is 22.0. The van der Waals surface area contributed by atoms with Gasteiger partial charge in [0.05, 0.1) is 11.1 Å². The molecule has 4 rings (SSSR count). The van der Waals surface area contributed by atoms with Crippen molar-refractivity contribution >= 4 is 26.7 Å². The Hall–Kier alpha value is -3.04. The van der Waals surface area contributed by atoms with Gasteiger partial charge in [0, 0.05) is 56.4 Å². The monoisotopic (exact) mass is 440 g/mol. The molecule has 1 fully saturated rings. The fourth-order valence-electron chi connectivity index (χ4n) is 3.59. The number of hydrogen-bond acceptors (Lipinski definition) is 6. The van der Waals surface area contributed by atoms with Gasteiger partial charge in [0.15, 0.2) is 0 Å². The standard InChI is InChI=1S/C22H24N4O4S/c1-25(2)31(28,29)19-9-7-16(8-10-19)22(27)26-13-11-18(12-14-26)30-21-20-6-4-3-5-17(20)15-23-24-21/h3-10,15,18H,11-14H2,1-2H3. The van der Waals surface area contributed by atoms with E-state index in [9.17, 15) is 13.2 Å². The van der Waals surface area contributed by atoms with E-state index in [-0.39, 0.29) is 16.9 Å². The molecule has 0 saturated carbocycles. The van der Waals surface area contributed by atoms with Gasteiger partial charge in [-0.1, -0.05) is 18.2 Å². The van der Waals surface area contributed by atoms with Crippen LogP contribution in [0.15, 0.2) is 59.6 Å². The third-order valence-corrected chi connectivity index (χ3v) is 7.25. The first-order chi connectivity index (χ1) is 14.9. The largest absolute Gasteiger partial charge is 0.473 e. The lowest BCUT2D eigenvalue weighted by atomic mass is 10.1. The van der Waals surface area contributed by atoms with Crippen molar-refractivity contribution in [2.45, 2.75) is 23.8 Å². The Morgan fingerprint density at radius 3 is 2.42 bits per heavy atom. The lowest BCUT2D eigenvalue weighted by Crippen LogP contribution is -2.41. The SMILES string of the molecule is CN(C)S(=O)(=O)c1ccc(C(=O)N2CCC(Oc3nncc4ccccc34)CC2)cc1. The number of nitrogens with zero attached hydrogens (tertiary/aromatic N) is 4. The second-order valence-corrected chi connectivity index (χ2v) is 9.81. The van der Waals surface area contributed by atoms with E-state index in [4.69, 9.17) is 4.74 Å². The lowest BCUT2D eigenvalue weighted by molar-refractivity contribution is 0.0589. The van der Waals surface area contributed by atoms with Crippen molar-refractivity contribution in [1.82, 2.24) is 19.4 Å². The number of ether oxygens (including phenoxy) is 1. The maximum Gasteiger partial charge on any atom is 0.253 e. The van der Waals surface area contributed by atoms with Crippen LogP contribution in [0.25, 0.3) is 10.8 Å². The van der Waals surface area contributed by atoms with Gasteiger partial charge in [-0.3, -0.25) is 4.79 Å². The molecular formula is C22H24N4O4S. The van der Waals surface area contributed by atoms with E-state index in [2.05, 4.69) is 10.2 Å². The smallest absolute Gasteiger partial charge is 0.253 e. The molecule has 0 N–H and O–H groups in total. The van der Waals surface area contributed by atoms with Gasteiger partial charge in [-0.05, 0) is 30.3 Å². The van der Waals surface area contributed by atoms with Crippen molar-refractivity contribution in [2.75, 3.05) is 27.2 Å². The van der Waals surface area contributed by atoms with Crippen molar-refractivity contribution in [3.8, 4) is 5.88 Å². The Balaban J connectivity index is 1.39. The van der Waals surface area contributed by atoms with Crippen LogP contribution >= 0.6 is 0 Å². The first-order valence-corrected chi connectivity index (χ1v) is 11.5. The number of fused-ring (bicyclic) bond motifs is 1. The van der Waals surface area contributed by atoms with Gasteiger partial charge in [-0.15, -0.1) is 5.10 Å². The fourth-order valence-corrected chi connectivity index (χ4v) is 4.49. The summed E-state index contributed by atoms with van der Waals surface area (Å²) in [5.74, 6) is 0.401. The average Bonchev–Trinajstić information content (AvgIpc) is 2.79. The molecule has 3 aromatic rings. The number of carbonyl (C=O) groups is 1. The number of amides is 1. The van der Waals surface area contributed by atoms with Crippen LogP contribution in [-0.2, 0) is 10.0 Å². The van der Waals surface area contributed by atoms with Crippen LogP contribution in [-0.4, -0.2) is 67.0 Å². The molecule has 0 radical (unpaired) electrons. The summed E-state index contributed by atoms with van der Waals surface area (Å²) < 4.78 is 31.6. The quantitative estimate of drug-likeness (QED) is 0.605. The van der Waals surface area contributed by atoms with Crippen molar-refractivity contribution < 1.29 is 17.9 Å². The van der Waals surface area contributed by atoms with Gasteiger partial charge in [0.25, 0.3) is 5.91 Å². The van der Waals surface area contributed by atoms with Crippen molar-refractivity contribution in [2.24, 2.45) is 0 Å². The van der Waals surface area contributed by atoms with Crippen LogP contribution in [0.2, 0.25) is 0 Å². The van der Waals surface area contributed by atoms with E-state index in [1.165, 1.54) is 26.2 Å². The molecule has 2 aromatic carbocycles. The highest BCUT2D eigenvalue weighted by Gasteiger charge is 2.26. The summed E-state index contributed by atoms with van der Waals surface area (Å²) in [6, 6.07) is 13.9. The molecule has 1 aliphatic heterocycles. The van der Waals surface area contributed by atoms with E-state index in [1.807, 2.05) is 24.3 Å². The Kier molecular flexibility index (Phi) is 5.88. The van der Waals surface area contributed by atoms with Crippen LogP contribution in [0.5, 0.6) is 5.88 Å². The summed E-state index contributed by atoms with van der Waals surface area (Å²) in [7, 11) is -0.563. The number of hydrogen-bond donors (Lipinski definition) is 0. The summed E-state index contributed by atoms with van der Waals surface area (Å²) in [6.07, 6.45) is 3.03. The van der Waals surface area contributed by atoms with Crippen molar-refractivity contribution in [1.29, 1.82) is 0 Å². The summed E-state index contributed by atoms with van der Waals surface area (Å²) in [6.45, 7) is 1.11. The van der Waals surface area contributed by atoms with Crippen LogP contribution in [0.4, 0.5) is 0 Å². The van der Waals surface area contributed by atoms with Crippen LogP contribution in [0, 0.1) is 0 Å². The third-order valence-electron chi connectivity index (χ3n) is 5.42. The van der Waals surface area contributed by atoms with Gasteiger partial charge in [-0.25, -0.2) is 12.7 Å². The minimum Gasteiger partial charge on any atom is -0.473 e. The van der Waals surface area contributed by atoms with E-state index < -0.39 is 10.0 Å². The Bertz CT molecular complexity index is 1180. The molecule has 1 amide bonds. The first-order valence-electron chi connectivity index (χ1n) is 10.1. The molecule has 162 valence electrons. The fraction of sp³-hybridized carbons (Fsp3) is 0.318. The number of carbonyl (C=O) groups excluding carboxylic acids is 1. The van der Waals surface area contributed by atoms with E-state index >= 15 is 0 Å². The average molecular weight is 441 g/mol. The second-order valence-electron chi connectivity index (χ2n) is 7.66. The van der Waals surface area contributed by atoms with E-state index in [0.717, 1.165) is 15.1 Å². The predicted molar refractivity (Wildman–Crippen MR) is 116 cm³/mol. The number of sulfonamides is 1. The normalized spacial score (nSPS) is 15.4. The molecule has 1 saturated heterocycles. The highest BCUT2D eigenvalue weighted by molar-refractivity contribution is 7.89. The molecule has 0 unspecified atom stereocenters. The molecule has 0 aliphatic carbocycles. The maximum absolute atomic E-state index is 12.8. The minimum absolute atomic E-state index is 0.0447. The molecule has 0 bridgehead atoms. The van der Waals surface area contributed by atoms with Gasteiger partial charge < -0.3 is 9.64 Å². The number of aromatic nitrogens is 2. The van der Waals surface area contributed by atoms with Crippen LogP contribution < -0.4 is 4.74 Å². The molecule has 1 aliphatic rings. The molecular weight excluding hydrogens is 416 g/mol. The second kappa shape index (κ2) is 8.60. The highest BCUT2D eigenvalue weighted by Crippen LogP contribution is 2.25. The van der Waals surface area contributed by atoms with Gasteiger partial charge >= 0.3 is 0 Å². The molecule has 2 heterocycles. The summed E-state index contributed by atoms with van der Waals surface area (Å²) >= 11 is 0. The van der Waals surface area contributed by atoms with Crippen LogP contribution in [0.1, 0.15) is 23.2 Å². The molecule has 31 heavy (non-hydrogen) atoms. The number of piperidine rings is 1. The Morgan fingerprint density at radius 2 is 1.74 bits per heavy atom. The number of likely N-dealkylation sites (tertiary alicyclic amines) is 1. The van der Waals surface area contributed by atoms with Gasteiger partial charge in [0.2, 0.25) is 15.9 Å². The summed E-state index contributed by atoms with van der Waals surface area (Å²) in [5.41, 5.74) is 0.469. The van der Waals surface area contributed by atoms with E-state index in [0.29, 0.717) is 37.4 Å². The number of rotatable bonds is 5. The van der Waals surface area contributed by atoms with Crippen molar-refractivity contribution in [3.63, 3.8) is 0 Å². The van der Waals surface area contributed by atoms with E-state index in [1.54, 1.807) is 23.2 Å². The molecule has 0 spiro atoms. The Morgan fingerprint density at radius 1 is 1.06 bits per heavy atom. The number of benzene rings is 2. The first kappa shape index (κ1) is 21.2. The molecule has 0 atom stereocenters. The topological polar surface area (TPSA) is 92.7 Å². The summed E-state index contributed by atoms with van der Waals surface area (Å²) in [4.78, 5) is 14.8. The maximum atomic E-state index is 12.8. The summed E-state index contributed by atoms with van der Waals surface area (Å²) in [5, 5.41) is 10.0. The highest BCUT2D eigenvalue weighted by atomic mass is 32.2. The molecule has 1 aromatic heterocycles. The zero-order valence-electron chi connectivity index (χ0n) is 17.4. The molecule has 8 nitrogen and oxygen atoms in total. The molecule has 9 heteroatoms. The third kappa shape index (κ3) is 4.38. The van der Waals surface area contributed by atoms with Gasteiger partial charge in [-0.2, -0.15) is 5.10 Å². The van der Waals surface area contributed by atoms with Gasteiger partial charge in [0.1, 0.15) is 6.10 Å². The van der Waals surface area contributed by atoms with Crippen LogP contribution in [0.3, 0.4) is 0 Å². The Labute approximate surface area is 181 Å². The lowest BCUT2D eigenvalue weighted by Gasteiger charge is -2.32. The zero-order valence-corrected chi connectivity index (χ0v) is 18.2. The predicted octanol–water partition coefficient (Wildman–Crippen LogP) is 2.56. The minimum atomic E-state index is -3.52.